The summed E-state index contributed by atoms with van der Waals surface area (Å²) in [5, 5.41) is 3.09. The number of hydrogen-bond donors (Lipinski definition) is 1. The number of amides is 1. The van der Waals surface area contributed by atoms with Crippen molar-refractivity contribution in [3.05, 3.63) is 77.4 Å². The SMILES string of the molecule is COc1ccc(CC(=O)NCC2CN=C(c3ccccc3)c3cc4c(cc3N2C)OCO4)cc1OC.Cl. The second kappa shape index (κ2) is 11.4. The number of rotatable bonds is 7. The molecule has 3 aromatic carbocycles. The monoisotopic (exact) mass is 523 g/mol. The van der Waals surface area contributed by atoms with E-state index in [1.807, 2.05) is 55.6 Å². The number of likely N-dealkylation sites (N-methyl/N-ethyl adjacent to an activating group) is 1. The number of nitrogens with zero attached hydrogens (tertiary/aromatic N) is 2. The van der Waals surface area contributed by atoms with Crippen molar-refractivity contribution in [2.75, 3.05) is 46.0 Å². The van der Waals surface area contributed by atoms with Crippen molar-refractivity contribution in [3.8, 4) is 23.0 Å². The molecule has 0 spiro atoms. The summed E-state index contributed by atoms with van der Waals surface area (Å²) in [6, 6.07) is 19.6. The highest BCUT2D eigenvalue weighted by atomic mass is 35.5. The summed E-state index contributed by atoms with van der Waals surface area (Å²) in [6.07, 6.45) is 0.241. The highest BCUT2D eigenvalue weighted by Crippen LogP contribution is 2.40. The summed E-state index contributed by atoms with van der Waals surface area (Å²) >= 11 is 0. The first-order valence-electron chi connectivity index (χ1n) is 11.8. The minimum atomic E-state index is -0.0713. The Bertz CT molecular complexity index is 1300. The predicted molar refractivity (Wildman–Crippen MR) is 145 cm³/mol. The van der Waals surface area contributed by atoms with Crippen LogP contribution in [0.3, 0.4) is 0 Å². The molecule has 1 unspecified atom stereocenters. The Morgan fingerprint density at radius 1 is 1.03 bits per heavy atom. The largest absolute Gasteiger partial charge is 0.493 e. The normalized spacial score (nSPS) is 15.6. The lowest BCUT2D eigenvalue weighted by atomic mass is 9.99. The number of ether oxygens (including phenoxy) is 4. The molecule has 0 saturated carbocycles. The molecular formula is C28H30ClN3O5. The molecule has 3 aromatic rings. The van der Waals surface area contributed by atoms with Gasteiger partial charge in [-0.25, -0.2) is 0 Å². The number of nitrogens with one attached hydrogen (secondary N) is 1. The molecule has 2 aliphatic heterocycles. The van der Waals surface area contributed by atoms with Crippen LogP contribution in [0.1, 0.15) is 16.7 Å². The maximum atomic E-state index is 12.8. The Balaban J connectivity index is 0.00000320. The summed E-state index contributed by atoms with van der Waals surface area (Å²) in [5.74, 6) is 2.59. The van der Waals surface area contributed by atoms with Crippen LogP contribution in [0.4, 0.5) is 5.69 Å². The van der Waals surface area contributed by atoms with Crippen LogP contribution in [0.15, 0.2) is 65.7 Å². The van der Waals surface area contributed by atoms with E-state index in [1.54, 1.807) is 14.2 Å². The summed E-state index contributed by atoms with van der Waals surface area (Å²) in [5.41, 5.74) is 4.74. The van der Waals surface area contributed by atoms with Crippen molar-refractivity contribution in [1.29, 1.82) is 0 Å². The lowest BCUT2D eigenvalue weighted by Gasteiger charge is -2.29. The van der Waals surface area contributed by atoms with E-state index in [1.165, 1.54) is 0 Å². The van der Waals surface area contributed by atoms with E-state index in [2.05, 4.69) is 22.3 Å². The van der Waals surface area contributed by atoms with Gasteiger partial charge < -0.3 is 29.2 Å². The first-order chi connectivity index (χ1) is 17.6. The van der Waals surface area contributed by atoms with E-state index in [0.29, 0.717) is 36.1 Å². The molecule has 8 nitrogen and oxygen atoms in total. The average Bonchev–Trinajstić information content (AvgIpc) is 3.32. The molecule has 0 bridgehead atoms. The quantitative estimate of drug-likeness (QED) is 0.506. The second-order valence-corrected chi connectivity index (χ2v) is 8.71. The lowest BCUT2D eigenvalue weighted by Crippen LogP contribution is -2.44. The van der Waals surface area contributed by atoms with Crippen molar-refractivity contribution >= 4 is 29.7 Å². The molecule has 194 valence electrons. The molecule has 2 heterocycles. The van der Waals surface area contributed by atoms with Gasteiger partial charge in [0.25, 0.3) is 0 Å². The maximum absolute atomic E-state index is 12.8. The van der Waals surface area contributed by atoms with E-state index in [-0.39, 0.29) is 37.6 Å². The van der Waals surface area contributed by atoms with Gasteiger partial charge >= 0.3 is 0 Å². The van der Waals surface area contributed by atoms with Gasteiger partial charge in [0.1, 0.15) is 0 Å². The zero-order chi connectivity index (χ0) is 25.1. The smallest absolute Gasteiger partial charge is 0.231 e. The van der Waals surface area contributed by atoms with Crippen molar-refractivity contribution < 1.29 is 23.7 Å². The Labute approximate surface area is 222 Å². The van der Waals surface area contributed by atoms with Gasteiger partial charge in [0.15, 0.2) is 23.0 Å². The Morgan fingerprint density at radius 2 is 1.76 bits per heavy atom. The van der Waals surface area contributed by atoms with Crippen molar-refractivity contribution in [1.82, 2.24) is 5.32 Å². The summed E-state index contributed by atoms with van der Waals surface area (Å²) in [4.78, 5) is 20.0. The highest BCUT2D eigenvalue weighted by Gasteiger charge is 2.28. The minimum absolute atomic E-state index is 0. The number of anilines is 1. The van der Waals surface area contributed by atoms with Gasteiger partial charge in [0, 0.05) is 30.8 Å². The number of hydrogen-bond acceptors (Lipinski definition) is 7. The Kier molecular flexibility index (Phi) is 8.08. The zero-order valence-electron chi connectivity index (χ0n) is 21.0. The molecule has 0 aliphatic carbocycles. The molecule has 0 aromatic heterocycles. The van der Waals surface area contributed by atoms with E-state index in [9.17, 15) is 4.79 Å². The van der Waals surface area contributed by atoms with E-state index in [0.717, 1.165) is 28.1 Å². The summed E-state index contributed by atoms with van der Waals surface area (Å²) in [6.45, 7) is 1.18. The zero-order valence-corrected chi connectivity index (χ0v) is 21.8. The van der Waals surface area contributed by atoms with Crippen LogP contribution in [-0.2, 0) is 11.2 Å². The number of fused-ring (bicyclic) bond motifs is 2. The van der Waals surface area contributed by atoms with Gasteiger partial charge in [-0.05, 0) is 23.8 Å². The van der Waals surface area contributed by atoms with Crippen LogP contribution >= 0.6 is 12.4 Å². The summed E-state index contributed by atoms with van der Waals surface area (Å²) in [7, 11) is 5.19. The van der Waals surface area contributed by atoms with Crippen molar-refractivity contribution in [3.63, 3.8) is 0 Å². The van der Waals surface area contributed by atoms with Gasteiger partial charge in [-0.2, -0.15) is 0 Å². The van der Waals surface area contributed by atoms with Crippen LogP contribution in [0.2, 0.25) is 0 Å². The molecule has 37 heavy (non-hydrogen) atoms. The third-order valence-corrected chi connectivity index (χ3v) is 6.53. The number of carbonyl (C=O) groups is 1. The molecule has 0 radical (unpaired) electrons. The first kappa shape index (κ1) is 26.2. The number of methoxy groups -OCH3 is 2. The van der Waals surface area contributed by atoms with Crippen LogP contribution < -0.4 is 29.2 Å². The molecule has 2 aliphatic rings. The summed E-state index contributed by atoms with van der Waals surface area (Å²) < 4.78 is 21.9. The topological polar surface area (TPSA) is 81.6 Å². The van der Waals surface area contributed by atoms with E-state index >= 15 is 0 Å². The van der Waals surface area contributed by atoms with Crippen LogP contribution in [0.25, 0.3) is 0 Å². The van der Waals surface area contributed by atoms with Gasteiger partial charge in [-0.15, -0.1) is 12.4 Å². The van der Waals surface area contributed by atoms with Gasteiger partial charge in [0.05, 0.1) is 44.6 Å². The molecule has 1 atom stereocenters. The standard InChI is InChI=1S/C28H29N3O5.ClH/c1-31-20(15-29-27(32)12-18-9-10-23(33-2)24(11-18)34-3)16-30-28(19-7-5-4-6-8-19)21-13-25-26(14-22(21)31)36-17-35-25;/h4-11,13-14,20H,12,15-17H2,1-3H3,(H,29,32);1H. The number of halogens is 1. The molecule has 0 fully saturated rings. The van der Waals surface area contributed by atoms with Crippen molar-refractivity contribution in [2.45, 2.75) is 12.5 Å². The van der Waals surface area contributed by atoms with Crippen LogP contribution in [0, 0.1) is 0 Å². The Hall–Kier alpha value is -3.91. The second-order valence-electron chi connectivity index (χ2n) is 8.71. The first-order valence-corrected chi connectivity index (χ1v) is 11.8. The van der Waals surface area contributed by atoms with Crippen LogP contribution in [0.5, 0.6) is 23.0 Å². The number of aliphatic imine (C=N–C) groups is 1. The van der Waals surface area contributed by atoms with Crippen LogP contribution in [-0.4, -0.2) is 58.8 Å². The molecule has 1 amide bonds. The fourth-order valence-corrected chi connectivity index (χ4v) is 4.53. The third-order valence-electron chi connectivity index (χ3n) is 6.53. The molecular weight excluding hydrogens is 494 g/mol. The Morgan fingerprint density at radius 3 is 2.49 bits per heavy atom. The lowest BCUT2D eigenvalue weighted by molar-refractivity contribution is -0.120. The fourth-order valence-electron chi connectivity index (χ4n) is 4.53. The molecule has 9 heteroatoms. The number of carbonyl (C=O) groups excluding carboxylic acids is 1. The highest BCUT2D eigenvalue weighted by molar-refractivity contribution is 6.16. The average molecular weight is 524 g/mol. The van der Waals surface area contributed by atoms with Gasteiger partial charge in [-0.1, -0.05) is 36.4 Å². The van der Waals surface area contributed by atoms with E-state index < -0.39 is 0 Å². The van der Waals surface area contributed by atoms with Gasteiger partial charge in [0.2, 0.25) is 12.7 Å². The molecule has 0 saturated heterocycles. The minimum Gasteiger partial charge on any atom is -0.493 e. The van der Waals surface area contributed by atoms with E-state index in [4.69, 9.17) is 23.9 Å². The van der Waals surface area contributed by atoms with Gasteiger partial charge in [-0.3, -0.25) is 9.79 Å². The molecule has 1 N–H and O–H groups in total. The third kappa shape index (κ3) is 5.44. The predicted octanol–water partition coefficient (Wildman–Crippen LogP) is 3.87. The molecule has 5 rings (SSSR count). The van der Waals surface area contributed by atoms with Crippen molar-refractivity contribution in [2.24, 2.45) is 4.99 Å². The maximum Gasteiger partial charge on any atom is 0.231 e. The number of benzene rings is 3. The fraction of sp³-hybridized carbons (Fsp3) is 0.286.